The minimum absolute atomic E-state index is 0.151. The maximum atomic E-state index is 14.8. The van der Waals surface area contributed by atoms with Crippen LogP contribution in [0, 0.1) is 17.7 Å². The number of benzene rings is 2. The van der Waals surface area contributed by atoms with Crippen molar-refractivity contribution in [2.24, 2.45) is 18.9 Å². The van der Waals surface area contributed by atoms with Crippen molar-refractivity contribution in [2.75, 3.05) is 43.5 Å². The summed E-state index contributed by atoms with van der Waals surface area (Å²) in [7, 11) is 3.31. The first-order valence-corrected chi connectivity index (χ1v) is 10.1. The van der Waals surface area contributed by atoms with Gasteiger partial charge in [-0.2, -0.15) is 5.10 Å². The van der Waals surface area contributed by atoms with Crippen molar-refractivity contribution in [3.63, 3.8) is 0 Å². The van der Waals surface area contributed by atoms with Crippen LogP contribution in [0.1, 0.15) is 10.4 Å². The number of hydrogen-bond acceptors (Lipinski definition) is 5. The predicted octanol–water partition coefficient (Wildman–Crippen LogP) is 2.63. The van der Waals surface area contributed by atoms with Crippen LogP contribution in [-0.4, -0.2) is 49.0 Å². The van der Waals surface area contributed by atoms with Crippen molar-refractivity contribution in [1.82, 2.24) is 15.1 Å². The highest BCUT2D eigenvalue weighted by molar-refractivity contribution is 6.08. The molecule has 7 nitrogen and oxygen atoms in total. The molecule has 2 N–H and O–H groups in total. The predicted molar refractivity (Wildman–Crippen MR) is 114 cm³/mol. The number of nitrogens with zero attached hydrogens (tertiary/aromatic N) is 3. The lowest BCUT2D eigenvalue weighted by Gasteiger charge is -2.20. The van der Waals surface area contributed by atoms with Crippen molar-refractivity contribution < 1.29 is 13.9 Å². The van der Waals surface area contributed by atoms with Gasteiger partial charge in [-0.1, -0.05) is 0 Å². The topological polar surface area (TPSA) is 71.4 Å². The summed E-state index contributed by atoms with van der Waals surface area (Å²) in [5.41, 5.74) is 2.07. The third-order valence-corrected chi connectivity index (χ3v) is 6.14. The summed E-state index contributed by atoms with van der Waals surface area (Å²) in [5.74, 6) is 0.779. The highest BCUT2D eigenvalue weighted by Gasteiger charge is 2.36. The molecule has 2 atom stereocenters. The van der Waals surface area contributed by atoms with Crippen LogP contribution in [0.3, 0.4) is 0 Å². The fourth-order valence-electron chi connectivity index (χ4n) is 4.58. The number of aromatic nitrogens is 2. The zero-order valence-corrected chi connectivity index (χ0v) is 17.0. The van der Waals surface area contributed by atoms with Gasteiger partial charge in [0.15, 0.2) is 0 Å². The second kappa shape index (κ2) is 7.28. The normalized spacial score (nSPS) is 20.6. The van der Waals surface area contributed by atoms with Crippen LogP contribution in [-0.2, 0) is 7.05 Å². The molecule has 8 heteroatoms. The van der Waals surface area contributed by atoms with E-state index < -0.39 is 11.7 Å². The summed E-state index contributed by atoms with van der Waals surface area (Å²) in [6, 6.07) is 8.42. The zero-order chi connectivity index (χ0) is 20.8. The van der Waals surface area contributed by atoms with E-state index in [2.05, 4.69) is 20.6 Å². The van der Waals surface area contributed by atoms with E-state index in [1.54, 1.807) is 22.9 Å². The number of hydrogen-bond donors (Lipinski definition) is 2. The van der Waals surface area contributed by atoms with E-state index in [-0.39, 0.29) is 5.69 Å². The fourth-order valence-corrected chi connectivity index (χ4v) is 4.58. The molecule has 2 aliphatic heterocycles. The number of carbonyl (C=O) groups excluding carboxylic acids is 1. The van der Waals surface area contributed by atoms with Crippen molar-refractivity contribution in [3.8, 4) is 5.75 Å². The molecular formula is C22H24FN5O2. The molecule has 30 heavy (non-hydrogen) atoms. The van der Waals surface area contributed by atoms with Gasteiger partial charge in [0.05, 0.1) is 23.9 Å². The molecule has 2 saturated heterocycles. The number of fused-ring (bicyclic) bond motifs is 2. The second-order valence-corrected chi connectivity index (χ2v) is 8.12. The summed E-state index contributed by atoms with van der Waals surface area (Å²) in [4.78, 5) is 15.1. The van der Waals surface area contributed by atoms with Gasteiger partial charge in [0.1, 0.15) is 11.6 Å². The average Bonchev–Trinajstić information content (AvgIpc) is 3.41. The quantitative estimate of drug-likeness (QED) is 0.693. The third-order valence-electron chi connectivity index (χ3n) is 6.14. The van der Waals surface area contributed by atoms with Crippen molar-refractivity contribution in [1.29, 1.82) is 0 Å². The number of halogens is 1. The molecular weight excluding hydrogens is 385 g/mol. The van der Waals surface area contributed by atoms with Crippen LogP contribution in [0.5, 0.6) is 5.75 Å². The Labute approximate surface area is 173 Å². The maximum absolute atomic E-state index is 14.8. The Bertz CT molecular complexity index is 1120. The van der Waals surface area contributed by atoms with Crippen molar-refractivity contribution in [3.05, 3.63) is 47.9 Å². The second-order valence-electron chi connectivity index (χ2n) is 8.12. The first-order valence-electron chi connectivity index (χ1n) is 10.1. The molecule has 0 aliphatic carbocycles. The van der Waals surface area contributed by atoms with Crippen LogP contribution in [0.2, 0.25) is 0 Å². The number of nitrogens with one attached hydrogen (secondary N) is 2. The molecule has 2 fully saturated rings. The lowest BCUT2D eigenvalue weighted by atomic mass is 10.0. The third kappa shape index (κ3) is 3.27. The molecule has 3 aromatic rings. The van der Waals surface area contributed by atoms with Gasteiger partial charge in [-0.3, -0.25) is 9.48 Å². The Morgan fingerprint density at radius 1 is 1.23 bits per heavy atom. The van der Waals surface area contributed by atoms with Gasteiger partial charge in [-0.05, 0) is 36.1 Å². The van der Waals surface area contributed by atoms with Crippen LogP contribution < -0.4 is 20.3 Å². The number of ether oxygens (including phenoxy) is 1. The van der Waals surface area contributed by atoms with Crippen molar-refractivity contribution in [2.45, 2.75) is 0 Å². The molecule has 0 spiro atoms. The Morgan fingerprint density at radius 3 is 2.70 bits per heavy atom. The van der Waals surface area contributed by atoms with Crippen LogP contribution >= 0.6 is 0 Å². The zero-order valence-electron chi connectivity index (χ0n) is 17.0. The smallest absolute Gasteiger partial charge is 0.259 e. The van der Waals surface area contributed by atoms with Crippen LogP contribution in [0.25, 0.3) is 10.9 Å². The fraction of sp³-hybridized carbons (Fsp3) is 0.364. The number of anilines is 2. The Morgan fingerprint density at radius 2 is 2.00 bits per heavy atom. The monoisotopic (exact) mass is 409 g/mol. The van der Waals surface area contributed by atoms with E-state index >= 15 is 0 Å². The average molecular weight is 409 g/mol. The summed E-state index contributed by atoms with van der Waals surface area (Å²) in [6.45, 7) is 3.93. The Hall–Kier alpha value is -3.13. The number of carbonyl (C=O) groups is 1. The van der Waals surface area contributed by atoms with E-state index in [1.165, 1.54) is 13.2 Å². The number of rotatable bonds is 4. The van der Waals surface area contributed by atoms with E-state index in [4.69, 9.17) is 4.74 Å². The first-order chi connectivity index (χ1) is 14.5. The molecule has 3 heterocycles. The lowest BCUT2D eigenvalue weighted by Crippen LogP contribution is -2.25. The Kier molecular flexibility index (Phi) is 4.58. The van der Waals surface area contributed by atoms with Crippen LogP contribution in [0.4, 0.5) is 15.8 Å². The number of methoxy groups -OCH3 is 1. The van der Waals surface area contributed by atoms with Gasteiger partial charge in [0.25, 0.3) is 5.91 Å². The molecule has 0 bridgehead atoms. The number of aryl methyl sites for hydroxylation is 1. The lowest BCUT2D eigenvalue weighted by molar-refractivity contribution is 0.102. The minimum atomic E-state index is -0.447. The molecule has 156 valence electrons. The van der Waals surface area contributed by atoms with Gasteiger partial charge in [-0.25, -0.2) is 4.39 Å². The largest absolute Gasteiger partial charge is 0.496 e. The molecule has 0 radical (unpaired) electrons. The molecule has 1 amide bonds. The van der Waals surface area contributed by atoms with E-state index in [0.29, 0.717) is 23.1 Å². The summed E-state index contributed by atoms with van der Waals surface area (Å²) in [6.07, 6.45) is 1.82. The molecule has 2 unspecified atom stereocenters. The standard InChI is InChI=1S/C22H24FN5O2/c1-27-10-13-5-17(21(30-2)7-20(13)26-27)22(29)25-19-4-3-16(6-18(19)23)28-11-14-8-24-9-15(14)12-28/h3-7,10,14-15,24H,8-9,11-12H2,1-2H3,(H,25,29). The van der Waals surface area contributed by atoms with Gasteiger partial charge in [-0.15, -0.1) is 0 Å². The minimum Gasteiger partial charge on any atom is -0.496 e. The SMILES string of the molecule is COc1cc2nn(C)cc2cc1C(=O)Nc1ccc(N2CC3CNCC3C2)cc1F. The summed E-state index contributed by atoms with van der Waals surface area (Å²) >= 11 is 0. The van der Waals surface area contributed by atoms with E-state index in [9.17, 15) is 9.18 Å². The van der Waals surface area contributed by atoms with E-state index in [1.807, 2.05) is 19.3 Å². The Balaban J connectivity index is 1.36. The number of amides is 1. The molecule has 2 aliphatic rings. The summed E-state index contributed by atoms with van der Waals surface area (Å²) in [5, 5.41) is 11.2. The molecule has 1 aromatic heterocycles. The van der Waals surface area contributed by atoms with E-state index in [0.717, 1.165) is 42.8 Å². The first kappa shape index (κ1) is 18.9. The molecule has 2 aromatic carbocycles. The molecule has 0 saturated carbocycles. The highest BCUT2D eigenvalue weighted by atomic mass is 19.1. The highest BCUT2D eigenvalue weighted by Crippen LogP contribution is 2.32. The van der Waals surface area contributed by atoms with Gasteiger partial charge in [0, 0.05) is 56.6 Å². The van der Waals surface area contributed by atoms with Crippen LogP contribution in [0.15, 0.2) is 36.5 Å². The van der Waals surface area contributed by atoms with Gasteiger partial charge in [0.2, 0.25) is 0 Å². The van der Waals surface area contributed by atoms with Gasteiger partial charge >= 0.3 is 0 Å². The molecule has 5 rings (SSSR count). The van der Waals surface area contributed by atoms with Crippen molar-refractivity contribution >= 4 is 28.2 Å². The summed E-state index contributed by atoms with van der Waals surface area (Å²) < 4.78 is 21.8. The van der Waals surface area contributed by atoms with Gasteiger partial charge < -0.3 is 20.3 Å². The maximum Gasteiger partial charge on any atom is 0.259 e.